The second kappa shape index (κ2) is 12.9. The lowest BCUT2D eigenvalue weighted by Gasteiger charge is -2.27. The average Bonchev–Trinajstić information content (AvgIpc) is 3.82. The summed E-state index contributed by atoms with van der Waals surface area (Å²) in [7, 11) is 0. The summed E-state index contributed by atoms with van der Waals surface area (Å²) >= 11 is 1.87. The van der Waals surface area contributed by atoms with Crippen molar-refractivity contribution in [1.29, 1.82) is 0 Å². The van der Waals surface area contributed by atoms with Gasteiger partial charge in [-0.1, -0.05) is 146 Å². The van der Waals surface area contributed by atoms with Crippen molar-refractivity contribution < 1.29 is 4.42 Å². The fourth-order valence-electron chi connectivity index (χ4n) is 8.15. The van der Waals surface area contributed by atoms with Crippen molar-refractivity contribution in [1.82, 2.24) is 0 Å². The molecule has 9 aromatic carbocycles. The second-order valence-corrected chi connectivity index (χ2v) is 15.2. The van der Waals surface area contributed by atoms with E-state index in [2.05, 4.69) is 205 Å². The lowest BCUT2D eigenvalue weighted by Crippen LogP contribution is -2.10. The van der Waals surface area contributed by atoms with E-state index in [1.807, 2.05) is 11.3 Å². The molecule has 0 aliphatic heterocycles. The molecule has 0 aliphatic rings. The largest absolute Gasteiger partial charge is 0.455 e. The molecule has 258 valence electrons. The molecule has 2 heterocycles. The standard InChI is InChI=1S/C52H33NOS/c1-3-12-34(13-4-1)35-22-26-40(27-23-35)53(41-28-24-37(25-29-41)43-19-11-20-45-44-18-9-10-21-50(44)55-52(43)45)42-32-46(36-14-5-2-6-15-36)51-48(33-42)47-30-38-16-7-8-17-39(38)31-49(47)54-51/h1-33H. The summed E-state index contributed by atoms with van der Waals surface area (Å²) in [6.07, 6.45) is 0. The zero-order valence-electron chi connectivity index (χ0n) is 29.8. The Morgan fingerprint density at radius 3 is 1.69 bits per heavy atom. The molecule has 0 radical (unpaired) electrons. The summed E-state index contributed by atoms with van der Waals surface area (Å²) in [5, 5.41) is 7.19. The molecule has 11 rings (SSSR count). The molecule has 0 fully saturated rings. The van der Waals surface area contributed by atoms with Gasteiger partial charge in [-0.15, -0.1) is 11.3 Å². The van der Waals surface area contributed by atoms with Crippen LogP contribution in [0.15, 0.2) is 205 Å². The Kier molecular flexibility index (Phi) is 7.39. The molecule has 11 aromatic rings. The smallest absolute Gasteiger partial charge is 0.143 e. The Labute approximate surface area is 322 Å². The summed E-state index contributed by atoms with van der Waals surface area (Å²) in [6.45, 7) is 0. The van der Waals surface area contributed by atoms with E-state index in [0.717, 1.165) is 50.1 Å². The minimum Gasteiger partial charge on any atom is -0.455 e. The number of anilines is 3. The third-order valence-corrected chi connectivity index (χ3v) is 12.1. The predicted molar refractivity (Wildman–Crippen MR) is 235 cm³/mol. The van der Waals surface area contributed by atoms with Crippen LogP contribution in [0.5, 0.6) is 0 Å². The highest BCUT2D eigenvalue weighted by Crippen LogP contribution is 2.45. The van der Waals surface area contributed by atoms with E-state index in [0.29, 0.717) is 0 Å². The third kappa shape index (κ3) is 5.40. The van der Waals surface area contributed by atoms with Crippen molar-refractivity contribution in [3.63, 3.8) is 0 Å². The van der Waals surface area contributed by atoms with Crippen LogP contribution in [0.3, 0.4) is 0 Å². The number of furan rings is 1. The highest BCUT2D eigenvalue weighted by Gasteiger charge is 2.21. The molecule has 0 spiro atoms. The lowest BCUT2D eigenvalue weighted by molar-refractivity contribution is 0.670. The summed E-state index contributed by atoms with van der Waals surface area (Å²) < 4.78 is 9.40. The normalized spacial score (nSPS) is 11.6. The van der Waals surface area contributed by atoms with Crippen LogP contribution in [-0.4, -0.2) is 0 Å². The maximum atomic E-state index is 6.76. The van der Waals surface area contributed by atoms with E-state index in [1.54, 1.807) is 0 Å². The molecule has 0 bridgehead atoms. The zero-order valence-corrected chi connectivity index (χ0v) is 30.6. The number of rotatable bonds is 6. The number of hydrogen-bond acceptors (Lipinski definition) is 3. The molecule has 55 heavy (non-hydrogen) atoms. The highest BCUT2D eigenvalue weighted by molar-refractivity contribution is 7.26. The van der Waals surface area contributed by atoms with Gasteiger partial charge in [0.25, 0.3) is 0 Å². The Balaban J connectivity index is 1.12. The molecule has 0 atom stereocenters. The Morgan fingerprint density at radius 1 is 0.364 bits per heavy atom. The van der Waals surface area contributed by atoms with Crippen LogP contribution in [0, 0.1) is 0 Å². The van der Waals surface area contributed by atoms with Gasteiger partial charge in [0.2, 0.25) is 0 Å². The highest BCUT2D eigenvalue weighted by atomic mass is 32.1. The zero-order chi connectivity index (χ0) is 36.3. The van der Waals surface area contributed by atoms with Gasteiger partial charge in [-0.3, -0.25) is 0 Å². The topological polar surface area (TPSA) is 16.4 Å². The molecule has 3 heteroatoms. The fourth-order valence-corrected chi connectivity index (χ4v) is 9.39. The first-order valence-corrected chi connectivity index (χ1v) is 19.5. The van der Waals surface area contributed by atoms with Crippen molar-refractivity contribution in [2.75, 3.05) is 4.90 Å². The first-order chi connectivity index (χ1) is 27.2. The summed E-state index contributed by atoms with van der Waals surface area (Å²) in [4.78, 5) is 2.38. The van der Waals surface area contributed by atoms with Gasteiger partial charge < -0.3 is 9.32 Å². The van der Waals surface area contributed by atoms with Crippen molar-refractivity contribution in [3.05, 3.63) is 200 Å². The van der Waals surface area contributed by atoms with Gasteiger partial charge in [0.05, 0.1) is 0 Å². The van der Waals surface area contributed by atoms with Gasteiger partial charge in [-0.2, -0.15) is 0 Å². The van der Waals surface area contributed by atoms with Crippen molar-refractivity contribution in [2.24, 2.45) is 0 Å². The van der Waals surface area contributed by atoms with Crippen LogP contribution in [0.25, 0.3) is 86.3 Å². The monoisotopic (exact) mass is 719 g/mol. The third-order valence-electron chi connectivity index (χ3n) is 10.8. The molecule has 2 aromatic heterocycles. The minimum atomic E-state index is 0.890. The lowest BCUT2D eigenvalue weighted by atomic mass is 9.99. The van der Waals surface area contributed by atoms with Crippen LogP contribution in [0.2, 0.25) is 0 Å². The van der Waals surface area contributed by atoms with Gasteiger partial charge in [0.1, 0.15) is 11.2 Å². The Morgan fingerprint density at radius 2 is 0.945 bits per heavy atom. The molecule has 0 saturated carbocycles. The van der Waals surface area contributed by atoms with E-state index < -0.39 is 0 Å². The van der Waals surface area contributed by atoms with E-state index in [9.17, 15) is 0 Å². The molecule has 0 saturated heterocycles. The van der Waals surface area contributed by atoms with Crippen molar-refractivity contribution >= 4 is 81.3 Å². The van der Waals surface area contributed by atoms with Gasteiger partial charge in [0, 0.05) is 53.6 Å². The summed E-state index contributed by atoms with van der Waals surface area (Å²) in [5.41, 5.74) is 12.0. The van der Waals surface area contributed by atoms with E-state index in [-0.39, 0.29) is 0 Å². The molecule has 2 nitrogen and oxygen atoms in total. The van der Waals surface area contributed by atoms with Crippen LogP contribution in [0.4, 0.5) is 17.1 Å². The van der Waals surface area contributed by atoms with Crippen LogP contribution in [0.1, 0.15) is 0 Å². The van der Waals surface area contributed by atoms with E-state index >= 15 is 0 Å². The van der Waals surface area contributed by atoms with Gasteiger partial charge in [-0.05, 0) is 93.2 Å². The SMILES string of the molecule is c1ccc(-c2ccc(N(c3ccc(-c4cccc5c4sc4ccccc45)cc3)c3cc(-c4ccccc4)c4oc5cc6ccccc6cc5c4c3)cc2)cc1. The molecule has 0 aliphatic carbocycles. The van der Waals surface area contributed by atoms with Crippen LogP contribution < -0.4 is 4.90 Å². The molecular formula is C52H33NOS. The number of fused-ring (bicyclic) bond motifs is 7. The Bertz CT molecular complexity index is 3180. The summed E-state index contributed by atoms with van der Waals surface area (Å²) in [5.74, 6) is 0. The number of thiophene rings is 1. The summed E-state index contributed by atoms with van der Waals surface area (Å²) in [6, 6.07) is 72.1. The first kappa shape index (κ1) is 31.6. The van der Waals surface area contributed by atoms with Crippen LogP contribution in [-0.2, 0) is 0 Å². The number of hydrogen-bond donors (Lipinski definition) is 0. The quantitative estimate of drug-likeness (QED) is 0.170. The Hall–Kier alpha value is -6.94. The maximum Gasteiger partial charge on any atom is 0.143 e. The molecule has 0 amide bonds. The fraction of sp³-hybridized carbons (Fsp3) is 0. The first-order valence-electron chi connectivity index (χ1n) is 18.7. The van der Waals surface area contributed by atoms with Crippen LogP contribution >= 0.6 is 11.3 Å². The molecule has 0 N–H and O–H groups in total. The van der Waals surface area contributed by atoms with Crippen molar-refractivity contribution in [3.8, 4) is 33.4 Å². The molecule has 0 unspecified atom stereocenters. The molecular weight excluding hydrogens is 687 g/mol. The number of benzene rings is 9. The average molecular weight is 720 g/mol. The van der Waals surface area contributed by atoms with Gasteiger partial charge >= 0.3 is 0 Å². The van der Waals surface area contributed by atoms with Gasteiger partial charge in [-0.25, -0.2) is 0 Å². The number of nitrogens with zero attached hydrogens (tertiary/aromatic N) is 1. The van der Waals surface area contributed by atoms with E-state index in [4.69, 9.17) is 4.42 Å². The van der Waals surface area contributed by atoms with Gasteiger partial charge in [0.15, 0.2) is 0 Å². The van der Waals surface area contributed by atoms with Crippen molar-refractivity contribution in [2.45, 2.75) is 0 Å². The minimum absolute atomic E-state index is 0.890. The maximum absolute atomic E-state index is 6.76. The van der Waals surface area contributed by atoms with E-state index in [1.165, 1.54) is 53.2 Å². The second-order valence-electron chi connectivity index (χ2n) is 14.1. The predicted octanol–water partition coefficient (Wildman–Crippen LogP) is 15.6.